The first kappa shape index (κ1) is 12.2. The molecule has 0 radical (unpaired) electrons. The van der Waals surface area contributed by atoms with E-state index in [1.54, 1.807) is 0 Å². The van der Waals surface area contributed by atoms with Crippen molar-refractivity contribution in [1.29, 1.82) is 0 Å². The molecule has 2 aliphatic heterocycles. The van der Waals surface area contributed by atoms with Gasteiger partial charge in [0.25, 0.3) is 0 Å². The summed E-state index contributed by atoms with van der Waals surface area (Å²) in [4.78, 5) is 13.7. The summed E-state index contributed by atoms with van der Waals surface area (Å²) in [6, 6.07) is 0. The van der Waals surface area contributed by atoms with Crippen LogP contribution in [0.25, 0.3) is 0 Å². The smallest absolute Gasteiger partial charge is 0.224 e. The van der Waals surface area contributed by atoms with Crippen LogP contribution in [-0.4, -0.2) is 32.1 Å². The van der Waals surface area contributed by atoms with Gasteiger partial charge in [0, 0.05) is 31.8 Å². The van der Waals surface area contributed by atoms with Gasteiger partial charge in [0.1, 0.15) is 5.82 Å². The largest absolute Gasteiger partial charge is 0.334 e. The lowest BCUT2D eigenvalue weighted by Crippen LogP contribution is -2.26. The molecule has 0 aliphatic carbocycles. The number of likely N-dealkylation sites (tertiary alicyclic amines) is 1. The maximum Gasteiger partial charge on any atom is 0.224 e. The second-order valence-electron chi connectivity index (χ2n) is 5.34. The van der Waals surface area contributed by atoms with Gasteiger partial charge in [-0.15, -0.1) is 22.5 Å². The van der Waals surface area contributed by atoms with Crippen molar-refractivity contribution in [2.75, 3.05) is 6.54 Å². The average Bonchev–Trinajstić information content (AvgIpc) is 2.86. The van der Waals surface area contributed by atoms with Crippen LogP contribution in [0.4, 0.5) is 0 Å². The van der Waals surface area contributed by atoms with Gasteiger partial charge < -0.3 is 9.47 Å². The highest BCUT2D eigenvalue weighted by Gasteiger charge is 2.29. The maximum atomic E-state index is 11.9. The number of nitrogens with zero attached hydrogens (tertiary/aromatic N) is 4. The first-order valence-electron chi connectivity index (χ1n) is 6.93. The minimum Gasteiger partial charge on any atom is -0.334 e. The molecule has 19 heavy (non-hydrogen) atoms. The number of terminal acetylenes is 1. The second-order valence-corrected chi connectivity index (χ2v) is 5.34. The number of hydrogen-bond donors (Lipinski definition) is 0. The summed E-state index contributed by atoms with van der Waals surface area (Å²) in [5.74, 6) is 4.83. The third kappa shape index (κ3) is 2.35. The fourth-order valence-corrected chi connectivity index (χ4v) is 2.87. The van der Waals surface area contributed by atoms with Gasteiger partial charge in [-0.25, -0.2) is 0 Å². The molecule has 5 heteroatoms. The highest BCUT2D eigenvalue weighted by molar-refractivity contribution is 5.79. The third-order valence-corrected chi connectivity index (χ3v) is 3.97. The van der Waals surface area contributed by atoms with Crippen molar-refractivity contribution in [1.82, 2.24) is 19.7 Å². The Kier molecular flexibility index (Phi) is 3.24. The molecule has 1 aromatic rings. The normalized spacial score (nSPS) is 23.0. The Bertz CT molecular complexity index is 528. The summed E-state index contributed by atoms with van der Waals surface area (Å²) >= 11 is 0. The Balaban J connectivity index is 1.76. The van der Waals surface area contributed by atoms with Crippen LogP contribution < -0.4 is 0 Å². The van der Waals surface area contributed by atoms with E-state index in [1.165, 1.54) is 19.3 Å². The van der Waals surface area contributed by atoms with Crippen LogP contribution in [0.3, 0.4) is 0 Å². The molecular formula is C14H18N4O. The van der Waals surface area contributed by atoms with Crippen LogP contribution in [-0.2, 0) is 24.3 Å². The van der Waals surface area contributed by atoms with Crippen LogP contribution in [0.2, 0.25) is 0 Å². The first-order valence-corrected chi connectivity index (χ1v) is 6.93. The summed E-state index contributed by atoms with van der Waals surface area (Å²) in [7, 11) is 0. The van der Waals surface area contributed by atoms with Gasteiger partial charge in [-0.05, 0) is 12.8 Å². The molecule has 0 spiro atoms. The van der Waals surface area contributed by atoms with Crippen molar-refractivity contribution in [3.05, 3.63) is 11.6 Å². The summed E-state index contributed by atoms with van der Waals surface area (Å²) in [6.45, 7) is 2.17. The van der Waals surface area contributed by atoms with Crippen molar-refractivity contribution in [2.24, 2.45) is 5.92 Å². The summed E-state index contributed by atoms with van der Waals surface area (Å²) < 4.78 is 2.18. The van der Waals surface area contributed by atoms with Crippen molar-refractivity contribution >= 4 is 5.91 Å². The molecule has 0 bridgehead atoms. The molecule has 0 N–H and O–H groups in total. The quantitative estimate of drug-likeness (QED) is 0.743. The summed E-state index contributed by atoms with van der Waals surface area (Å²) in [5.41, 5.74) is 0. The molecule has 1 aromatic heterocycles. The van der Waals surface area contributed by atoms with Gasteiger partial charge in [0.15, 0.2) is 5.82 Å². The molecule has 2 aliphatic rings. The number of rotatable bonds is 2. The Morgan fingerprint density at radius 2 is 2.21 bits per heavy atom. The summed E-state index contributed by atoms with van der Waals surface area (Å²) in [5, 5.41) is 8.51. The van der Waals surface area contributed by atoms with E-state index in [0.717, 1.165) is 24.6 Å². The lowest BCUT2D eigenvalue weighted by Gasteiger charge is -2.16. The zero-order valence-electron chi connectivity index (χ0n) is 11.0. The Morgan fingerprint density at radius 1 is 1.32 bits per heavy atom. The van der Waals surface area contributed by atoms with Crippen molar-refractivity contribution in [3.63, 3.8) is 0 Å². The van der Waals surface area contributed by atoms with E-state index < -0.39 is 0 Å². The fraction of sp³-hybridized carbons (Fsp3) is 0.643. The predicted octanol–water partition coefficient (Wildman–Crippen LogP) is 0.986. The molecular weight excluding hydrogens is 240 g/mol. The molecule has 0 aromatic carbocycles. The van der Waals surface area contributed by atoms with E-state index in [-0.39, 0.29) is 11.8 Å². The van der Waals surface area contributed by atoms with Crippen LogP contribution in [0.1, 0.15) is 37.3 Å². The van der Waals surface area contributed by atoms with Gasteiger partial charge in [0.05, 0.1) is 6.54 Å². The summed E-state index contributed by atoms with van der Waals surface area (Å²) in [6.07, 6.45) is 10.5. The lowest BCUT2D eigenvalue weighted by molar-refractivity contribution is -0.128. The molecule has 100 valence electrons. The van der Waals surface area contributed by atoms with Crippen LogP contribution >= 0.6 is 0 Å². The van der Waals surface area contributed by atoms with E-state index in [4.69, 9.17) is 6.42 Å². The van der Waals surface area contributed by atoms with E-state index in [0.29, 0.717) is 19.5 Å². The number of carbonyl (C=O) groups is 1. The first-order chi connectivity index (χ1) is 9.28. The Hall–Kier alpha value is -1.83. The standard InChI is InChI=1S/C14H18N4O/c1-2-11-8-14(19)17(9-11)10-13-16-15-12-6-4-3-5-7-18(12)13/h1,11H,3-10H2. The number of amides is 1. The van der Waals surface area contributed by atoms with Crippen LogP contribution in [0.5, 0.6) is 0 Å². The van der Waals surface area contributed by atoms with Crippen LogP contribution in [0.15, 0.2) is 0 Å². The molecule has 0 saturated carbocycles. The predicted molar refractivity (Wildman–Crippen MR) is 69.9 cm³/mol. The van der Waals surface area contributed by atoms with E-state index in [1.807, 2.05) is 4.90 Å². The van der Waals surface area contributed by atoms with Crippen molar-refractivity contribution < 1.29 is 4.79 Å². The minimum absolute atomic E-state index is 0.0547. The highest BCUT2D eigenvalue weighted by atomic mass is 16.2. The molecule has 1 saturated heterocycles. The van der Waals surface area contributed by atoms with E-state index >= 15 is 0 Å². The number of fused-ring (bicyclic) bond motifs is 1. The lowest BCUT2D eigenvalue weighted by atomic mass is 10.1. The highest BCUT2D eigenvalue weighted by Crippen LogP contribution is 2.20. The molecule has 1 unspecified atom stereocenters. The van der Waals surface area contributed by atoms with E-state index in [9.17, 15) is 4.79 Å². The van der Waals surface area contributed by atoms with Gasteiger partial charge >= 0.3 is 0 Å². The third-order valence-electron chi connectivity index (χ3n) is 3.97. The molecule has 3 rings (SSSR count). The van der Waals surface area contributed by atoms with Gasteiger partial charge in [0.2, 0.25) is 5.91 Å². The van der Waals surface area contributed by atoms with Gasteiger partial charge in [-0.2, -0.15) is 0 Å². The number of carbonyl (C=O) groups excluding carboxylic acids is 1. The fourth-order valence-electron chi connectivity index (χ4n) is 2.87. The van der Waals surface area contributed by atoms with Gasteiger partial charge in [-0.1, -0.05) is 6.42 Å². The van der Waals surface area contributed by atoms with Crippen molar-refractivity contribution in [2.45, 2.75) is 45.2 Å². The number of aromatic nitrogens is 3. The maximum absolute atomic E-state index is 11.9. The Labute approximate surface area is 113 Å². The minimum atomic E-state index is 0.0547. The topological polar surface area (TPSA) is 51.0 Å². The zero-order valence-corrected chi connectivity index (χ0v) is 11.0. The number of aryl methyl sites for hydroxylation is 1. The monoisotopic (exact) mass is 258 g/mol. The number of hydrogen-bond acceptors (Lipinski definition) is 3. The zero-order chi connectivity index (χ0) is 13.2. The SMILES string of the molecule is C#CC1CC(=O)N(Cc2nnc3n2CCCCC3)C1. The molecule has 1 amide bonds. The van der Waals surface area contributed by atoms with E-state index in [2.05, 4.69) is 20.7 Å². The second kappa shape index (κ2) is 5.04. The average molecular weight is 258 g/mol. The van der Waals surface area contributed by atoms with Crippen molar-refractivity contribution in [3.8, 4) is 12.3 Å². The molecule has 3 heterocycles. The molecule has 5 nitrogen and oxygen atoms in total. The van der Waals surface area contributed by atoms with Crippen LogP contribution in [0, 0.1) is 18.3 Å². The Morgan fingerprint density at radius 3 is 3.00 bits per heavy atom. The molecule has 1 atom stereocenters. The molecule has 1 fully saturated rings. The van der Waals surface area contributed by atoms with Gasteiger partial charge in [-0.3, -0.25) is 4.79 Å².